The van der Waals surface area contributed by atoms with Gasteiger partial charge in [-0.25, -0.2) is 4.90 Å². The Balaban J connectivity index is 1.92. The van der Waals surface area contributed by atoms with E-state index in [4.69, 9.17) is 4.74 Å². The molecule has 1 N–H and O–H groups in total. The molecule has 25 heavy (non-hydrogen) atoms. The summed E-state index contributed by atoms with van der Waals surface area (Å²) in [6.45, 7) is 3.78. The van der Waals surface area contributed by atoms with E-state index in [1.54, 1.807) is 24.3 Å². The molecule has 1 aliphatic heterocycles. The number of anilines is 1. The van der Waals surface area contributed by atoms with Gasteiger partial charge < -0.3 is 9.84 Å². The van der Waals surface area contributed by atoms with Crippen LogP contribution in [-0.4, -0.2) is 29.8 Å². The highest BCUT2D eigenvalue weighted by Crippen LogP contribution is 2.41. The Morgan fingerprint density at radius 1 is 1.12 bits per heavy atom. The molecular weight excluding hydrogens is 322 g/mol. The van der Waals surface area contributed by atoms with Crippen molar-refractivity contribution in [2.24, 2.45) is 11.3 Å². The summed E-state index contributed by atoms with van der Waals surface area (Å²) in [5, 5.41) is 10.3. The molecular formula is C19H21NO5. The minimum Gasteiger partial charge on any atom is -0.512 e. The third kappa shape index (κ3) is 3.04. The Morgan fingerprint density at radius 3 is 2.32 bits per heavy atom. The Kier molecular flexibility index (Phi) is 4.14. The number of aliphatic hydroxyl groups is 1. The third-order valence-corrected chi connectivity index (χ3v) is 4.72. The maximum Gasteiger partial charge on any atom is 0.242 e. The number of nitrogens with zero attached hydrogens (tertiary/aromatic N) is 1. The van der Waals surface area contributed by atoms with Gasteiger partial charge in [0.05, 0.1) is 18.7 Å². The lowest BCUT2D eigenvalue weighted by Gasteiger charge is -2.30. The van der Waals surface area contributed by atoms with Gasteiger partial charge in [-0.15, -0.1) is 0 Å². The smallest absolute Gasteiger partial charge is 0.242 e. The lowest BCUT2D eigenvalue weighted by molar-refractivity contribution is -0.124. The third-order valence-electron chi connectivity index (χ3n) is 4.72. The number of amides is 2. The highest BCUT2D eigenvalue weighted by atomic mass is 16.5. The number of ether oxygens (including phenoxy) is 1. The van der Waals surface area contributed by atoms with Crippen molar-refractivity contribution in [1.29, 1.82) is 0 Å². The number of ketones is 1. The van der Waals surface area contributed by atoms with Crippen molar-refractivity contribution < 1.29 is 24.2 Å². The SMILES string of the molecule is COc1ccc(N2C(=O)CC(C3=C(O)CC(C)(C)CC3=O)C2=O)cc1. The van der Waals surface area contributed by atoms with Crippen LogP contribution in [0.5, 0.6) is 5.75 Å². The highest BCUT2D eigenvalue weighted by molar-refractivity contribution is 6.24. The number of carbonyl (C=O) groups excluding carboxylic acids is 3. The molecule has 1 unspecified atom stereocenters. The standard InChI is InChI=1S/C19H21NO5/c1-19(2)9-14(21)17(15(22)10-19)13-8-16(23)20(18(13)24)11-4-6-12(25-3)7-5-11/h4-7,13,21H,8-10H2,1-3H3. The van der Waals surface area contributed by atoms with Gasteiger partial charge in [-0.3, -0.25) is 14.4 Å². The fourth-order valence-corrected chi connectivity index (χ4v) is 3.56. The summed E-state index contributed by atoms with van der Waals surface area (Å²) in [5.74, 6) is -1.45. The molecule has 1 heterocycles. The van der Waals surface area contributed by atoms with E-state index >= 15 is 0 Å². The monoisotopic (exact) mass is 343 g/mol. The maximum atomic E-state index is 12.8. The number of Topliss-reactive ketones (excluding diaryl/α,β-unsaturated/α-hetero) is 1. The van der Waals surface area contributed by atoms with Gasteiger partial charge in [0.15, 0.2) is 5.78 Å². The zero-order chi connectivity index (χ0) is 18.4. The van der Waals surface area contributed by atoms with Crippen LogP contribution in [0.4, 0.5) is 5.69 Å². The number of allylic oxidation sites excluding steroid dienone is 1. The second-order valence-electron chi connectivity index (χ2n) is 7.32. The average Bonchev–Trinajstić information content (AvgIpc) is 2.80. The van der Waals surface area contributed by atoms with E-state index < -0.39 is 11.8 Å². The number of hydrogen-bond acceptors (Lipinski definition) is 5. The number of benzene rings is 1. The quantitative estimate of drug-likeness (QED) is 0.853. The van der Waals surface area contributed by atoms with Crippen LogP contribution in [-0.2, 0) is 14.4 Å². The van der Waals surface area contributed by atoms with Gasteiger partial charge in [0.2, 0.25) is 11.8 Å². The lowest BCUT2D eigenvalue weighted by Crippen LogP contribution is -2.34. The number of methoxy groups -OCH3 is 1. The lowest BCUT2D eigenvalue weighted by atomic mass is 9.73. The van der Waals surface area contributed by atoms with E-state index in [0.29, 0.717) is 17.9 Å². The van der Waals surface area contributed by atoms with Crippen molar-refractivity contribution in [2.45, 2.75) is 33.1 Å². The number of aliphatic hydroxyl groups excluding tert-OH is 1. The molecule has 1 atom stereocenters. The van der Waals surface area contributed by atoms with E-state index in [0.717, 1.165) is 4.90 Å². The summed E-state index contributed by atoms with van der Waals surface area (Å²) in [6, 6.07) is 6.57. The number of rotatable bonds is 3. The number of imide groups is 1. The number of hydrogen-bond donors (Lipinski definition) is 1. The van der Waals surface area contributed by atoms with Gasteiger partial charge in [0.25, 0.3) is 0 Å². The molecule has 0 saturated carbocycles. The zero-order valence-electron chi connectivity index (χ0n) is 14.5. The van der Waals surface area contributed by atoms with Crippen molar-refractivity contribution in [2.75, 3.05) is 12.0 Å². The van der Waals surface area contributed by atoms with Crippen LogP contribution in [0.3, 0.4) is 0 Å². The first-order chi connectivity index (χ1) is 11.7. The van der Waals surface area contributed by atoms with Crippen molar-refractivity contribution in [3.05, 3.63) is 35.6 Å². The fourth-order valence-electron chi connectivity index (χ4n) is 3.56. The van der Waals surface area contributed by atoms with Gasteiger partial charge in [-0.2, -0.15) is 0 Å². The van der Waals surface area contributed by atoms with E-state index in [-0.39, 0.29) is 41.3 Å². The first-order valence-electron chi connectivity index (χ1n) is 8.19. The first kappa shape index (κ1) is 17.2. The van der Waals surface area contributed by atoms with E-state index in [2.05, 4.69) is 0 Å². The Labute approximate surface area is 146 Å². The molecule has 1 aliphatic carbocycles. The van der Waals surface area contributed by atoms with Gasteiger partial charge in [-0.05, 0) is 29.7 Å². The molecule has 1 saturated heterocycles. The molecule has 1 aromatic rings. The summed E-state index contributed by atoms with van der Waals surface area (Å²) < 4.78 is 5.08. The molecule has 1 aromatic carbocycles. The van der Waals surface area contributed by atoms with Crippen molar-refractivity contribution in [3.63, 3.8) is 0 Å². The summed E-state index contributed by atoms with van der Waals surface area (Å²) in [7, 11) is 1.53. The van der Waals surface area contributed by atoms with Gasteiger partial charge in [-0.1, -0.05) is 13.8 Å². The maximum absolute atomic E-state index is 12.8. The van der Waals surface area contributed by atoms with E-state index in [1.165, 1.54) is 7.11 Å². The van der Waals surface area contributed by atoms with Gasteiger partial charge in [0, 0.05) is 24.8 Å². The number of carbonyl (C=O) groups is 3. The largest absolute Gasteiger partial charge is 0.512 e. The molecule has 0 radical (unpaired) electrons. The Hall–Kier alpha value is -2.63. The first-order valence-corrected chi connectivity index (χ1v) is 8.19. The summed E-state index contributed by atoms with van der Waals surface area (Å²) in [5.41, 5.74) is 0.196. The summed E-state index contributed by atoms with van der Waals surface area (Å²) >= 11 is 0. The van der Waals surface area contributed by atoms with Crippen LogP contribution >= 0.6 is 0 Å². The second-order valence-corrected chi connectivity index (χ2v) is 7.32. The molecule has 0 bridgehead atoms. The molecule has 6 nitrogen and oxygen atoms in total. The Bertz CT molecular complexity index is 776. The Morgan fingerprint density at radius 2 is 1.76 bits per heavy atom. The molecule has 0 spiro atoms. The van der Waals surface area contributed by atoms with E-state index in [9.17, 15) is 19.5 Å². The van der Waals surface area contributed by atoms with Crippen LogP contribution in [0, 0.1) is 11.3 Å². The van der Waals surface area contributed by atoms with Crippen molar-refractivity contribution in [3.8, 4) is 5.75 Å². The summed E-state index contributed by atoms with van der Waals surface area (Å²) in [6.07, 6.45) is 0.484. The van der Waals surface area contributed by atoms with Gasteiger partial charge >= 0.3 is 0 Å². The van der Waals surface area contributed by atoms with Gasteiger partial charge in [0.1, 0.15) is 11.5 Å². The van der Waals surface area contributed by atoms with Crippen LogP contribution < -0.4 is 9.64 Å². The van der Waals surface area contributed by atoms with Crippen molar-refractivity contribution >= 4 is 23.3 Å². The molecule has 0 aromatic heterocycles. The highest BCUT2D eigenvalue weighted by Gasteiger charge is 2.46. The molecule has 2 aliphatic rings. The fraction of sp³-hybridized carbons (Fsp3) is 0.421. The molecule has 6 heteroatoms. The van der Waals surface area contributed by atoms with Crippen molar-refractivity contribution in [1.82, 2.24) is 0 Å². The van der Waals surface area contributed by atoms with Crippen LogP contribution in [0.1, 0.15) is 33.1 Å². The predicted molar refractivity (Wildman–Crippen MR) is 91.3 cm³/mol. The summed E-state index contributed by atoms with van der Waals surface area (Å²) in [4.78, 5) is 38.7. The average molecular weight is 343 g/mol. The minimum atomic E-state index is -0.904. The van der Waals surface area contributed by atoms with Crippen LogP contribution in [0.2, 0.25) is 0 Å². The topological polar surface area (TPSA) is 83.9 Å². The van der Waals surface area contributed by atoms with E-state index in [1.807, 2.05) is 13.8 Å². The zero-order valence-corrected chi connectivity index (χ0v) is 14.5. The second kappa shape index (κ2) is 6.02. The normalized spacial score (nSPS) is 23.4. The van der Waals surface area contributed by atoms with Crippen LogP contribution in [0.25, 0.3) is 0 Å². The predicted octanol–water partition coefficient (Wildman–Crippen LogP) is 2.78. The minimum absolute atomic E-state index is 0.0658. The van der Waals surface area contributed by atoms with Crippen LogP contribution in [0.15, 0.2) is 35.6 Å². The molecule has 3 rings (SSSR count). The molecule has 1 fully saturated rings. The molecule has 2 amide bonds. The molecule has 132 valence electrons.